The molecule has 1 heterocycles. The summed E-state index contributed by atoms with van der Waals surface area (Å²) >= 11 is 12.3. The maximum absolute atomic E-state index is 12.8. The number of nitrogens with zero attached hydrogens (tertiary/aromatic N) is 1. The number of carbonyl (C=O) groups is 3. The summed E-state index contributed by atoms with van der Waals surface area (Å²) in [5, 5.41) is 3.65. The minimum atomic E-state index is -1.29. The number of para-hydroxylation sites is 1. The molecule has 0 aliphatic carbocycles. The van der Waals surface area contributed by atoms with Crippen LogP contribution in [0.2, 0.25) is 10.0 Å². The number of benzene rings is 2. The van der Waals surface area contributed by atoms with Crippen LogP contribution in [-0.4, -0.2) is 36.0 Å². The average molecular weight is 475 g/mol. The number of halogens is 2. The molecule has 32 heavy (non-hydrogen) atoms. The summed E-state index contributed by atoms with van der Waals surface area (Å²) in [6.45, 7) is 3.52. The van der Waals surface area contributed by atoms with Crippen molar-refractivity contribution in [1.82, 2.24) is 4.98 Å². The van der Waals surface area contributed by atoms with Gasteiger partial charge in [0.2, 0.25) is 0 Å². The Morgan fingerprint density at radius 2 is 1.53 bits per heavy atom. The van der Waals surface area contributed by atoms with E-state index in [1.165, 1.54) is 6.20 Å². The Balaban J connectivity index is 2.07. The second kappa shape index (κ2) is 10.4. The van der Waals surface area contributed by atoms with Crippen LogP contribution in [0.15, 0.2) is 48.7 Å². The number of rotatable bonds is 7. The molecular weight excluding hydrogens is 455 g/mol. The van der Waals surface area contributed by atoms with Crippen LogP contribution in [0, 0.1) is 0 Å². The molecule has 1 aromatic heterocycles. The molecule has 1 amide bonds. The van der Waals surface area contributed by atoms with Gasteiger partial charge in [-0.15, -0.1) is 0 Å². The van der Waals surface area contributed by atoms with E-state index in [0.29, 0.717) is 22.2 Å². The standard InChI is InChI=1S/C23H20Cl2N2O5/c1-3-31-22(29)18(23(30)32-4-2)13-11-12-26-20-14(13)7-5-10-17(20)27-21(28)19-15(24)8-6-9-16(19)25/h5-12,18H,3-4H2,1-2H3,(H,27,28). The summed E-state index contributed by atoms with van der Waals surface area (Å²) in [6, 6.07) is 11.3. The fourth-order valence-corrected chi connectivity index (χ4v) is 3.82. The van der Waals surface area contributed by atoms with Crippen LogP contribution >= 0.6 is 23.2 Å². The molecule has 0 fully saturated rings. The van der Waals surface area contributed by atoms with Gasteiger partial charge in [0.05, 0.1) is 40.0 Å². The van der Waals surface area contributed by atoms with Crippen molar-refractivity contribution in [3.63, 3.8) is 0 Å². The second-order valence-electron chi connectivity index (χ2n) is 6.59. The molecule has 0 bridgehead atoms. The molecule has 9 heteroatoms. The van der Waals surface area contributed by atoms with Crippen molar-refractivity contribution in [3.8, 4) is 0 Å². The zero-order chi connectivity index (χ0) is 23.3. The molecular formula is C23H20Cl2N2O5. The highest BCUT2D eigenvalue weighted by Crippen LogP contribution is 2.32. The SMILES string of the molecule is CCOC(=O)C(C(=O)OCC)c1ccnc2c(NC(=O)c3c(Cl)cccc3Cl)cccc12. The molecule has 0 aliphatic rings. The van der Waals surface area contributed by atoms with Crippen molar-refractivity contribution in [2.45, 2.75) is 19.8 Å². The van der Waals surface area contributed by atoms with Gasteiger partial charge in [0, 0.05) is 11.6 Å². The lowest BCUT2D eigenvalue weighted by Gasteiger charge is -2.17. The number of hydrogen-bond donors (Lipinski definition) is 1. The van der Waals surface area contributed by atoms with Crippen molar-refractivity contribution in [3.05, 3.63) is 69.8 Å². The molecule has 3 rings (SSSR count). The summed E-state index contributed by atoms with van der Waals surface area (Å²) in [7, 11) is 0. The molecule has 3 aromatic rings. The summed E-state index contributed by atoms with van der Waals surface area (Å²) in [5.74, 6) is -3.26. The first kappa shape index (κ1) is 23.5. The van der Waals surface area contributed by atoms with Gasteiger partial charge in [-0.3, -0.25) is 19.4 Å². The molecule has 0 aliphatic heterocycles. The Morgan fingerprint density at radius 3 is 2.12 bits per heavy atom. The van der Waals surface area contributed by atoms with Crippen molar-refractivity contribution < 1.29 is 23.9 Å². The van der Waals surface area contributed by atoms with E-state index < -0.39 is 23.8 Å². The predicted octanol–water partition coefficient (Wildman–Crippen LogP) is 5.00. The van der Waals surface area contributed by atoms with E-state index in [-0.39, 0.29) is 28.8 Å². The fourth-order valence-electron chi connectivity index (χ4n) is 3.25. The maximum atomic E-state index is 12.8. The first-order valence-electron chi connectivity index (χ1n) is 9.85. The van der Waals surface area contributed by atoms with Crippen molar-refractivity contribution >= 4 is 57.6 Å². The number of anilines is 1. The van der Waals surface area contributed by atoms with E-state index in [4.69, 9.17) is 32.7 Å². The van der Waals surface area contributed by atoms with Crippen molar-refractivity contribution in [2.24, 2.45) is 0 Å². The monoisotopic (exact) mass is 474 g/mol. The van der Waals surface area contributed by atoms with Crippen LogP contribution in [0.25, 0.3) is 10.9 Å². The van der Waals surface area contributed by atoms with Crippen LogP contribution in [0.1, 0.15) is 35.7 Å². The lowest BCUT2D eigenvalue weighted by molar-refractivity contribution is -0.156. The minimum Gasteiger partial charge on any atom is -0.465 e. The van der Waals surface area contributed by atoms with Gasteiger partial charge in [-0.25, -0.2) is 0 Å². The zero-order valence-electron chi connectivity index (χ0n) is 17.4. The number of hydrogen-bond acceptors (Lipinski definition) is 6. The Morgan fingerprint density at radius 1 is 0.938 bits per heavy atom. The van der Waals surface area contributed by atoms with E-state index in [1.54, 1.807) is 56.3 Å². The molecule has 1 N–H and O–H groups in total. The van der Waals surface area contributed by atoms with Gasteiger partial charge >= 0.3 is 11.9 Å². The van der Waals surface area contributed by atoms with Gasteiger partial charge < -0.3 is 14.8 Å². The average Bonchev–Trinajstić information content (AvgIpc) is 2.75. The summed E-state index contributed by atoms with van der Waals surface area (Å²) in [4.78, 5) is 42.4. The molecule has 166 valence electrons. The summed E-state index contributed by atoms with van der Waals surface area (Å²) < 4.78 is 10.2. The van der Waals surface area contributed by atoms with Gasteiger partial charge in [-0.05, 0) is 43.7 Å². The molecule has 0 spiro atoms. The van der Waals surface area contributed by atoms with Gasteiger partial charge in [0.25, 0.3) is 5.91 Å². The maximum Gasteiger partial charge on any atom is 0.324 e. The Labute approximate surface area is 194 Å². The second-order valence-corrected chi connectivity index (χ2v) is 7.40. The van der Waals surface area contributed by atoms with Gasteiger partial charge in [0.15, 0.2) is 5.92 Å². The Kier molecular flexibility index (Phi) is 7.66. The number of ether oxygens (including phenoxy) is 2. The summed E-state index contributed by atoms with van der Waals surface area (Å²) in [5.41, 5.74) is 1.22. The lowest BCUT2D eigenvalue weighted by atomic mass is 9.95. The van der Waals surface area contributed by atoms with Crippen LogP contribution in [0.3, 0.4) is 0 Å². The highest BCUT2D eigenvalue weighted by Gasteiger charge is 2.33. The summed E-state index contributed by atoms with van der Waals surface area (Å²) in [6.07, 6.45) is 1.45. The highest BCUT2D eigenvalue weighted by molar-refractivity contribution is 6.40. The van der Waals surface area contributed by atoms with Crippen LogP contribution < -0.4 is 5.32 Å². The molecule has 0 radical (unpaired) electrons. The van der Waals surface area contributed by atoms with E-state index in [9.17, 15) is 14.4 Å². The van der Waals surface area contributed by atoms with Crippen molar-refractivity contribution in [2.75, 3.05) is 18.5 Å². The number of pyridine rings is 1. The number of fused-ring (bicyclic) bond motifs is 1. The normalized spacial score (nSPS) is 10.8. The van der Waals surface area contributed by atoms with Crippen molar-refractivity contribution in [1.29, 1.82) is 0 Å². The molecule has 0 saturated heterocycles. The zero-order valence-corrected chi connectivity index (χ0v) is 18.9. The smallest absolute Gasteiger partial charge is 0.324 e. The number of nitrogens with one attached hydrogen (secondary N) is 1. The molecule has 0 atom stereocenters. The third-order valence-corrected chi connectivity index (χ3v) is 5.23. The Bertz CT molecular complexity index is 1140. The minimum absolute atomic E-state index is 0.109. The van der Waals surface area contributed by atoms with E-state index in [2.05, 4.69) is 10.3 Å². The van der Waals surface area contributed by atoms with E-state index in [0.717, 1.165) is 0 Å². The number of carbonyl (C=O) groups excluding carboxylic acids is 3. The first-order valence-corrected chi connectivity index (χ1v) is 10.6. The topological polar surface area (TPSA) is 94.6 Å². The van der Waals surface area contributed by atoms with E-state index in [1.807, 2.05) is 0 Å². The molecule has 2 aromatic carbocycles. The molecule has 0 saturated carbocycles. The number of esters is 2. The predicted molar refractivity (Wildman–Crippen MR) is 122 cm³/mol. The molecule has 7 nitrogen and oxygen atoms in total. The van der Waals surface area contributed by atoms with Crippen LogP contribution in [-0.2, 0) is 19.1 Å². The highest BCUT2D eigenvalue weighted by atomic mass is 35.5. The van der Waals surface area contributed by atoms with Gasteiger partial charge in [0.1, 0.15) is 0 Å². The third-order valence-electron chi connectivity index (χ3n) is 4.60. The van der Waals surface area contributed by atoms with Crippen LogP contribution in [0.5, 0.6) is 0 Å². The first-order chi connectivity index (χ1) is 15.4. The van der Waals surface area contributed by atoms with Gasteiger partial charge in [-0.1, -0.05) is 41.4 Å². The molecule has 0 unspecified atom stereocenters. The van der Waals surface area contributed by atoms with Crippen LogP contribution in [0.4, 0.5) is 5.69 Å². The fraction of sp³-hybridized carbons (Fsp3) is 0.217. The van der Waals surface area contributed by atoms with Gasteiger partial charge in [-0.2, -0.15) is 0 Å². The number of aromatic nitrogens is 1. The lowest BCUT2D eigenvalue weighted by Crippen LogP contribution is -2.26. The largest absolute Gasteiger partial charge is 0.465 e. The quantitative estimate of drug-likeness (QED) is 0.382. The Hall–Kier alpha value is -3.16. The third kappa shape index (κ3) is 4.84. The number of amides is 1. The van der Waals surface area contributed by atoms with E-state index >= 15 is 0 Å².